The summed E-state index contributed by atoms with van der Waals surface area (Å²) in [7, 11) is 0. The van der Waals surface area contributed by atoms with E-state index in [1.807, 2.05) is 0 Å². The summed E-state index contributed by atoms with van der Waals surface area (Å²) < 4.78 is 78.1. The average molecular weight is 264 g/mol. The quantitative estimate of drug-likeness (QED) is 0.493. The fraction of sp³-hybridized carbons (Fsp3) is 0.800. The van der Waals surface area contributed by atoms with Crippen LogP contribution in [0.4, 0.5) is 26.3 Å². The van der Waals surface area contributed by atoms with Gasteiger partial charge in [0, 0.05) is 0 Å². The second-order valence-corrected chi connectivity index (χ2v) is 3.52. The van der Waals surface area contributed by atoms with Crippen LogP contribution in [0, 0.1) is 0 Å². The van der Waals surface area contributed by atoms with Gasteiger partial charge in [0.15, 0.2) is 6.17 Å². The summed E-state index contributed by atoms with van der Waals surface area (Å²) >= 11 is 0. The van der Waals surface area contributed by atoms with E-state index in [4.69, 9.17) is 0 Å². The Morgan fingerprint density at radius 3 is 2.12 bits per heavy atom. The zero-order valence-corrected chi connectivity index (χ0v) is 9.24. The lowest BCUT2D eigenvalue weighted by Crippen LogP contribution is -2.39. The molecule has 0 amide bonds. The number of ether oxygens (including phenoxy) is 1. The van der Waals surface area contributed by atoms with E-state index in [9.17, 15) is 26.3 Å². The van der Waals surface area contributed by atoms with Gasteiger partial charge in [0.25, 0.3) is 0 Å². The molecule has 0 radical (unpaired) electrons. The van der Waals surface area contributed by atoms with Crippen molar-refractivity contribution in [2.45, 2.75) is 50.7 Å². The maximum Gasteiger partial charge on any atom is 0.392 e. The molecule has 0 N–H and O–H groups in total. The van der Waals surface area contributed by atoms with E-state index in [0.717, 1.165) is 0 Å². The summed E-state index contributed by atoms with van der Waals surface area (Å²) in [6.45, 7) is 4.79. The zero-order chi connectivity index (χ0) is 13.7. The molecule has 2 unspecified atom stereocenters. The lowest BCUT2D eigenvalue weighted by Gasteiger charge is -2.25. The summed E-state index contributed by atoms with van der Waals surface area (Å²) in [4.78, 5) is 0. The van der Waals surface area contributed by atoms with Gasteiger partial charge >= 0.3 is 12.3 Å². The fourth-order valence-electron chi connectivity index (χ4n) is 1.10. The maximum atomic E-state index is 13.0. The maximum absolute atomic E-state index is 13.0. The molecule has 0 fully saturated rings. The second kappa shape index (κ2) is 6.28. The Balaban J connectivity index is 4.48. The predicted octanol–water partition coefficient (Wildman–Crippen LogP) is 4.24. The monoisotopic (exact) mass is 264 g/mol. The SMILES string of the molecule is C=CCC(CC)OC(F)(F)C(F)CC(F)(F)F. The van der Waals surface area contributed by atoms with Crippen LogP contribution in [0.3, 0.4) is 0 Å². The molecule has 0 rings (SSSR count). The Kier molecular flexibility index (Phi) is 6.01. The van der Waals surface area contributed by atoms with Crippen LogP contribution in [-0.2, 0) is 4.74 Å². The highest BCUT2D eigenvalue weighted by Gasteiger charge is 2.48. The van der Waals surface area contributed by atoms with Crippen LogP contribution >= 0.6 is 0 Å². The molecule has 0 aromatic carbocycles. The van der Waals surface area contributed by atoms with Crippen LogP contribution in [0.2, 0.25) is 0 Å². The largest absolute Gasteiger partial charge is 0.392 e. The Morgan fingerprint density at radius 2 is 1.76 bits per heavy atom. The molecule has 0 aliphatic heterocycles. The van der Waals surface area contributed by atoms with Crippen molar-refractivity contribution < 1.29 is 31.1 Å². The third-order valence-electron chi connectivity index (χ3n) is 1.98. The summed E-state index contributed by atoms with van der Waals surface area (Å²) in [5.74, 6) is 0. The molecule has 0 spiro atoms. The highest BCUT2D eigenvalue weighted by molar-refractivity contribution is 4.77. The van der Waals surface area contributed by atoms with E-state index >= 15 is 0 Å². The summed E-state index contributed by atoms with van der Waals surface area (Å²) in [6.07, 6.45) is -14.7. The molecule has 0 aromatic heterocycles. The van der Waals surface area contributed by atoms with Crippen molar-refractivity contribution in [3.8, 4) is 0 Å². The third kappa shape index (κ3) is 6.55. The minimum Gasteiger partial charge on any atom is -0.315 e. The first kappa shape index (κ1) is 16.3. The highest BCUT2D eigenvalue weighted by Crippen LogP contribution is 2.34. The van der Waals surface area contributed by atoms with Crippen molar-refractivity contribution >= 4 is 0 Å². The molecule has 0 aliphatic rings. The lowest BCUT2D eigenvalue weighted by atomic mass is 10.2. The molecule has 2 atom stereocenters. The Morgan fingerprint density at radius 1 is 1.24 bits per heavy atom. The van der Waals surface area contributed by atoms with Gasteiger partial charge in [0.05, 0.1) is 12.5 Å². The van der Waals surface area contributed by atoms with Gasteiger partial charge in [0.2, 0.25) is 0 Å². The van der Waals surface area contributed by atoms with Crippen molar-refractivity contribution in [3.05, 3.63) is 12.7 Å². The Bertz CT molecular complexity index is 237. The first-order chi connectivity index (χ1) is 7.62. The van der Waals surface area contributed by atoms with Gasteiger partial charge in [0.1, 0.15) is 0 Å². The Hall–Kier alpha value is -0.720. The molecule has 0 saturated heterocycles. The number of alkyl halides is 6. The smallest absolute Gasteiger partial charge is 0.315 e. The summed E-state index contributed by atoms with van der Waals surface area (Å²) in [6, 6.07) is 0. The molecular formula is C10H14F6O. The predicted molar refractivity (Wildman–Crippen MR) is 50.5 cm³/mol. The van der Waals surface area contributed by atoms with Crippen molar-refractivity contribution in [2.75, 3.05) is 0 Å². The standard InChI is InChI=1S/C10H14F6O/c1-3-5-7(4-2)17-10(15,16)8(11)6-9(12,13)14/h3,7-8H,1,4-6H2,2H3. The van der Waals surface area contributed by atoms with Gasteiger partial charge in [-0.25, -0.2) is 4.39 Å². The van der Waals surface area contributed by atoms with Crippen LogP contribution in [0.15, 0.2) is 12.7 Å². The van der Waals surface area contributed by atoms with Crippen molar-refractivity contribution in [1.82, 2.24) is 0 Å². The van der Waals surface area contributed by atoms with Crippen LogP contribution in [0.5, 0.6) is 0 Å². The summed E-state index contributed by atoms with van der Waals surface area (Å²) in [5, 5.41) is 0. The van der Waals surface area contributed by atoms with Gasteiger partial charge in [-0.05, 0) is 12.8 Å². The number of hydrogen-bond acceptors (Lipinski definition) is 1. The first-order valence-electron chi connectivity index (χ1n) is 4.99. The third-order valence-corrected chi connectivity index (χ3v) is 1.98. The van der Waals surface area contributed by atoms with E-state index in [1.165, 1.54) is 13.0 Å². The average Bonchev–Trinajstić information content (AvgIpc) is 2.14. The van der Waals surface area contributed by atoms with Crippen molar-refractivity contribution in [1.29, 1.82) is 0 Å². The topological polar surface area (TPSA) is 9.23 Å². The van der Waals surface area contributed by atoms with Crippen LogP contribution in [0.25, 0.3) is 0 Å². The van der Waals surface area contributed by atoms with E-state index in [-0.39, 0.29) is 12.8 Å². The van der Waals surface area contributed by atoms with Gasteiger partial charge < -0.3 is 4.74 Å². The normalized spacial score (nSPS) is 16.6. The van der Waals surface area contributed by atoms with Gasteiger partial charge in [-0.3, -0.25) is 0 Å². The molecule has 0 saturated carbocycles. The second-order valence-electron chi connectivity index (χ2n) is 3.52. The van der Waals surface area contributed by atoms with Crippen LogP contribution < -0.4 is 0 Å². The lowest BCUT2D eigenvalue weighted by molar-refractivity contribution is -0.307. The van der Waals surface area contributed by atoms with Crippen LogP contribution in [-0.4, -0.2) is 24.6 Å². The van der Waals surface area contributed by atoms with Crippen LogP contribution in [0.1, 0.15) is 26.2 Å². The number of rotatable bonds is 7. The minimum absolute atomic E-state index is 0.0187. The summed E-state index contributed by atoms with van der Waals surface area (Å²) in [5.41, 5.74) is 0. The minimum atomic E-state index is -4.99. The number of halogens is 6. The van der Waals surface area contributed by atoms with E-state index in [2.05, 4.69) is 11.3 Å². The van der Waals surface area contributed by atoms with Gasteiger partial charge in [-0.15, -0.1) is 6.58 Å². The molecule has 0 heterocycles. The van der Waals surface area contributed by atoms with E-state index in [0.29, 0.717) is 0 Å². The molecule has 102 valence electrons. The van der Waals surface area contributed by atoms with Gasteiger partial charge in [-0.2, -0.15) is 22.0 Å². The first-order valence-corrected chi connectivity index (χ1v) is 4.99. The van der Waals surface area contributed by atoms with Crippen molar-refractivity contribution in [3.63, 3.8) is 0 Å². The molecule has 0 aliphatic carbocycles. The van der Waals surface area contributed by atoms with E-state index < -0.39 is 31.0 Å². The highest BCUT2D eigenvalue weighted by atomic mass is 19.4. The molecular weight excluding hydrogens is 250 g/mol. The van der Waals surface area contributed by atoms with Crippen molar-refractivity contribution in [2.24, 2.45) is 0 Å². The molecule has 0 bridgehead atoms. The Labute approximate surface area is 95.4 Å². The van der Waals surface area contributed by atoms with E-state index in [1.54, 1.807) is 0 Å². The molecule has 17 heavy (non-hydrogen) atoms. The molecule has 0 aromatic rings. The molecule has 1 nitrogen and oxygen atoms in total. The number of hydrogen-bond donors (Lipinski definition) is 0. The molecule has 7 heteroatoms. The zero-order valence-electron chi connectivity index (χ0n) is 9.24. The van der Waals surface area contributed by atoms with Gasteiger partial charge in [-0.1, -0.05) is 13.0 Å². The fourth-order valence-corrected chi connectivity index (χ4v) is 1.10.